The smallest absolute Gasteiger partial charge is 0.0991 e. The Labute approximate surface area is 142 Å². The van der Waals surface area contributed by atoms with Crippen LogP contribution < -0.4 is 0 Å². The quantitative estimate of drug-likeness (QED) is 0.684. The van der Waals surface area contributed by atoms with Gasteiger partial charge in [-0.2, -0.15) is 10.4 Å². The molecule has 0 radical (unpaired) electrons. The minimum atomic E-state index is -2.21. The highest BCUT2D eigenvalue weighted by Crippen LogP contribution is 2.32. The molecule has 0 spiro atoms. The second kappa shape index (κ2) is 6.56. The second-order valence-electron chi connectivity index (χ2n) is 5.55. The summed E-state index contributed by atoms with van der Waals surface area (Å²) in [5.74, 6) is -0.0860. The van der Waals surface area contributed by atoms with Crippen LogP contribution in [0, 0.1) is 18.3 Å². The fourth-order valence-corrected chi connectivity index (χ4v) is 3.51. The molecular weight excluding hydrogens is 322 g/mol. The van der Waals surface area contributed by atoms with Crippen LogP contribution in [0.4, 0.5) is 0 Å². The minimum Gasteiger partial charge on any atom is -0.772 e. The summed E-state index contributed by atoms with van der Waals surface area (Å²) in [6.07, 6.45) is 0.834. The zero-order valence-corrected chi connectivity index (χ0v) is 14.3. The molecule has 2 aromatic heterocycles. The Morgan fingerprint density at radius 2 is 1.96 bits per heavy atom. The van der Waals surface area contributed by atoms with E-state index in [1.165, 1.54) is 0 Å². The first-order valence-electron chi connectivity index (χ1n) is 7.61. The van der Waals surface area contributed by atoms with E-state index in [0.717, 1.165) is 28.8 Å². The fourth-order valence-electron chi connectivity index (χ4n) is 2.92. The van der Waals surface area contributed by atoms with Crippen molar-refractivity contribution < 1.29 is 8.76 Å². The molecule has 0 aliphatic heterocycles. The van der Waals surface area contributed by atoms with E-state index in [0.29, 0.717) is 16.8 Å². The molecule has 5 nitrogen and oxygen atoms in total. The van der Waals surface area contributed by atoms with Gasteiger partial charge in [-0.1, -0.05) is 30.1 Å². The van der Waals surface area contributed by atoms with Gasteiger partial charge in [-0.25, -0.2) is 4.52 Å². The van der Waals surface area contributed by atoms with Crippen molar-refractivity contribution >= 4 is 16.6 Å². The van der Waals surface area contributed by atoms with E-state index in [2.05, 4.69) is 18.1 Å². The molecule has 1 atom stereocenters. The van der Waals surface area contributed by atoms with Crippen LogP contribution in [-0.2, 0) is 23.3 Å². The number of nitriles is 1. The van der Waals surface area contributed by atoms with Crippen molar-refractivity contribution in [1.29, 1.82) is 5.26 Å². The number of aryl methyl sites for hydroxylation is 2. The molecule has 0 aliphatic carbocycles. The summed E-state index contributed by atoms with van der Waals surface area (Å²) < 4.78 is 24.5. The average molecular weight is 338 g/mol. The molecule has 6 heteroatoms. The molecule has 0 saturated heterocycles. The Morgan fingerprint density at radius 1 is 1.25 bits per heavy atom. The first-order valence-corrected chi connectivity index (χ1v) is 8.86. The van der Waals surface area contributed by atoms with Crippen molar-refractivity contribution in [1.82, 2.24) is 9.61 Å². The van der Waals surface area contributed by atoms with Crippen molar-refractivity contribution in [2.24, 2.45) is 0 Å². The molecule has 0 amide bonds. The summed E-state index contributed by atoms with van der Waals surface area (Å²) in [5.41, 5.74) is 5.64. The van der Waals surface area contributed by atoms with Gasteiger partial charge in [0.15, 0.2) is 0 Å². The van der Waals surface area contributed by atoms with Gasteiger partial charge in [-0.05, 0) is 48.7 Å². The van der Waals surface area contributed by atoms with Gasteiger partial charge in [0.1, 0.15) is 0 Å². The molecule has 24 heavy (non-hydrogen) atoms. The minimum absolute atomic E-state index is 0.0860. The first kappa shape index (κ1) is 16.4. The van der Waals surface area contributed by atoms with Gasteiger partial charge in [0.2, 0.25) is 0 Å². The topological polar surface area (TPSA) is 81.2 Å². The molecule has 0 saturated carbocycles. The van der Waals surface area contributed by atoms with Crippen molar-refractivity contribution in [3.8, 4) is 17.2 Å². The zero-order chi connectivity index (χ0) is 17.3. The van der Waals surface area contributed by atoms with Gasteiger partial charge in [-0.3, -0.25) is 4.21 Å². The predicted molar refractivity (Wildman–Crippen MR) is 92.1 cm³/mol. The Morgan fingerprint density at radius 3 is 2.54 bits per heavy atom. The molecule has 0 bridgehead atoms. The van der Waals surface area contributed by atoms with Crippen LogP contribution >= 0.6 is 0 Å². The third-order valence-corrected chi connectivity index (χ3v) is 4.63. The molecule has 1 unspecified atom stereocenters. The van der Waals surface area contributed by atoms with Gasteiger partial charge in [0, 0.05) is 17.0 Å². The molecule has 0 N–H and O–H groups in total. The Kier molecular flexibility index (Phi) is 4.47. The third kappa shape index (κ3) is 2.84. The van der Waals surface area contributed by atoms with Gasteiger partial charge < -0.3 is 4.55 Å². The van der Waals surface area contributed by atoms with Crippen LogP contribution in [0.15, 0.2) is 36.4 Å². The van der Waals surface area contributed by atoms with Crippen LogP contribution in [0.5, 0.6) is 0 Å². The first-order chi connectivity index (χ1) is 11.5. The van der Waals surface area contributed by atoms with Crippen LogP contribution in [0.2, 0.25) is 0 Å². The van der Waals surface area contributed by atoms with E-state index in [4.69, 9.17) is 5.26 Å². The van der Waals surface area contributed by atoms with Crippen molar-refractivity contribution in [3.05, 3.63) is 58.9 Å². The number of hydrogen-bond acceptors (Lipinski definition) is 4. The van der Waals surface area contributed by atoms with Crippen molar-refractivity contribution in [3.63, 3.8) is 0 Å². The van der Waals surface area contributed by atoms with Crippen LogP contribution in [-0.4, -0.2) is 18.4 Å². The zero-order valence-electron chi connectivity index (χ0n) is 13.4. The third-order valence-electron chi connectivity index (χ3n) is 4.11. The highest BCUT2D eigenvalue weighted by Gasteiger charge is 2.16. The normalized spacial score (nSPS) is 12.2. The standard InChI is InChI=1S/C18H17N3O2S/c1-3-15-8-9-17-18(14-6-4-13(10-19)5-7-14)16(11-24(22)23)12(2)20-21(15)17/h4-9H,3,11H2,1-2H3,(H,22,23)/p-1. The fraction of sp³-hybridized carbons (Fsp3) is 0.222. The number of rotatable bonds is 4. The largest absolute Gasteiger partial charge is 0.772 e. The summed E-state index contributed by atoms with van der Waals surface area (Å²) in [7, 11) is 0. The highest BCUT2D eigenvalue weighted by molar-refractivity contribution is 7.78. The van der Waals surface area contributed by atoms with E-state index in [-0.39, 0.29) is 5.75 Å². The predicted octanol–water partition coefficient (Wildman–Crippen LogP) is 3.12. The summed E-state index contributed by atoms with van der Waals surface area (Å²) in [6.45, 7) is 3.88. The van der Waals surface area contributed by atoms with Crippen LogP contribution in [0.3, 0.4) is 0 Å². The summed E-state index contributed by atoms with van der Waals surface area (Å²) in [4.78, 5) is 0. The average Bonchev–Trinajstić information content (AvgIpc) is 2.97. The lowest BCUT2D eigenvalue weighted by atomic mass is 9.99. The van der Waals surface area contributed by atoms with Gasteiger partial charge in [-0.15, -0.1) is 0 Å². The second-order valence-corrected chi connectivity index (χ2v) is 6.45. The maximum absolute atomic E-state index is 11.3. The molecule has 0 fully saturated rings. The molecule has 0 aliphatic rings. The lowest BCUT2D eigenvalue weighted by Crippen LogP contribution is -2.07. The van der Waals surface area contributed by atoms with Crippen molar-refractivity contribution in [2.75, 3.05) is 0 Å². The van der Waals surface area contributed by atoms with E-state index >= 15 is 0 Å². The number of aromatic nitrogens is 2. The molecular formula is C18H16N3O2S-. The van der Waals surface area contributed by atoms with Gasteiger partial charge in [0.25, 0.3) is 0 Å². The summed E-state index contributed by atoms with van der Waals surface area (Å²) in [5, 5.41) is 13.5. The maximum Gasteiger partial charge on any atom is 0.0991 e. The van der Waals surface area contributed by atoms with E-state index in [1.807, 2.05) is 35.7 Å². The number of benzene rings is 1. The Balaban J connectivity index is 2.34. The van der Waals surface area contributed by atoms with E-state index in [1.54, 1.807) is 12.1 Å². The molecule has 3 rings (SSSR count). The molecule has 2 heterocycles. The van der Waals surface area contributed by atoms with E-state index < -0.39 is 11.1 Å². The lowest BCUT2D eigenvalue weighted by molar-refractivity contribution is 0.536. The van der Waals surface area contributed by atoms with Crippen molar-refractivity contribution in [2.45, 2.75) is 26.0 Å². The number of hydrogen-bond donors (Lipinski definition) is 0. The summed E-state index contributed by atoms with van der Waals surface area (Å²) >= 11 is -2.21. The Bertz CT molecular complexity index is 969. The number of nitrogens with zero attached hydrogens (tertiary/aromatic N) is 3. The van der Waals surface area contributed by atoms with Gasteiger partial charge >= 0.3 is 0 Å². The molecule has 3 aromatic rings. The summed E-state index contributed by atoms with van der Waals surface area (Å²) in [6, 6.07) is 13.3. The molecule has 122 valence electrons. The van der Waals surface area contributed by atoms with Crippen LogP contribution in [0.1, 0.15) is 29.4 Å². The monoisotopic (exact) mass is 338 g/mol. The maximum atomic E-state index is 11.3. The Hall–Kier alpha value is -2.49. The lowest BCUT2D eigenvalue weighted by Gasteiger charge is -2.16. The number of fused-ring (bicyclic) bond motifs is 1. The molecule has 1 aromatic carbocycles. The SMILES string of the molecule is CCc1ccc2c(-c3ccc(C#N)cc3)c(CS(=O)[O-])c(C)nn12. The van der Waals surface area contributed by atoms with Crippen LogP contribution in [0.25, 0.3) is 16.6 Å². The van der Waals surface area contributed by atoms with E-state index in [9.17, 15) is 8.76 Å². The highest BCUT2D eigenvalue weighted by atomic mass is 32.2. The van der Waals surface area contributed by atoms with Gasteiger partial charge in [0.05, 0.1) is 22.8 Å².